The van der Waals surface area contributed by atoms with E-state index in [0.717, 1.165) is 0 Å². The lowest BCUT2D eigenvalue weighted by atomic mass is 9.99. The molecule has 1 saturated carbocycles. The summed E-state index contributed by atoms with van der Waals surface area (Å²) >= 11 is 0. The minimum Gasteiger partial charge on any atom is -0.479 e. The highest BCUT2D eigenvalue weighted by atomic mass is 16.5. The van der Waals surface area contributed by atoms with Crippen molar-refractivity contribution in [3.05, 3.63) is 0 Å². The summed E-state index contributed by atoms with van der Waals surface area (Å²) in [5.41, 5.74) is 0. The lowest BCUT2D eigenvalue weighted by Crippen LogP contribution is -2.43. The SMILES string of the molecule is C[C@H](NC(=O)[C@@H]1CC[C@H](C(=O)O)O1)C1CCCC1. The van der Waals surface area contributed by atoms with Crippen LogP contribution in [0.25, 0.3) is 0 Å². The molecule has 5 heteroatoms. The standard InChI is InChI=1S/C13H21NO4/c1-8(9-4-2-3-5-9)14-12(15)10-6-7-11(18-10)13(16)17/h8-11H,2-7H2,1H3,(H,14,15)(H,16,17)/t8-,10-,11+/m0/s1. The van der Waals surface area contributed by atoms with E-state index in [1.54, 1.807) is 0 Å². The van der Waals surface area contributed by atoms with Gasteiger partial charge in [-0.1, -0.05) is 12.8 Å². The van der Waals surface area contributed by atoms with Crippen molar-refractivity contribution in [1.29, 1.82) is 0 Å². The average Bonchev–Trinajstić information content (AvgIpc) is 3.00. The molecule has 102 valence electrons. The molecule has 1 amide bonds. The number of carbonyl (C=O) groups excluding carboxylic acids is 1. The van der Waals surface area contributed by atoms with Crippen LogP contribution >= 0.6 is 0 Å². The van der Waals surface area contributed by atoms with Crippen LogP contribution in [0.2, 0.25) is 0 Å². The Kier molecular flexibility index (Phi) is 4.22. The van der Waals surface area contributed by atoms with Crippen molar-refractivity contribution in [2.24, 2.45) is 5.92 Å². The van der Waals surface area contributed by atoms with E-state index in [1.807, 2.05) is 6.92 Å². The molecule has 1 heterocycles. The molecule has 2 rings (SSSR count). The minimum atomic E-state index is -0.978. The van der Waals surface area contributed by atoms with Crippen LogP contribution in [0.1, 0.15) is 45.4 Å². The van der Waals surface area contributed by atoms with Crippen molar-refractivity contribution in [2.45, 2.75) is 63.7 Å². The van der Waals surface area contributed by atoms with Gasteiger partial charge < -0.3 is 15.2 Å². The molecule has 0 spiro atoms. The second-order valence-corrected chi connectivity index (χ2v) is 5.37. The van der Waals surface area contributed by atoms with Gasteiger partial charge in [-0.05, 0) is 38.5 Å². The van der Waals surface area contributed by atoms with E-state index in [4.69, 9.17) is 9.84 Å². The molecular weight excluding hydrogens is 234 g/mol. The fraction of sp³-hybridized carbons (Fsp3) is 0.846. The van der Waals surface area contributed by atoms with Crippen molar-refractivity contribution in [2.75, 3.05) is 0 Å². The van der Waals surface area contributed by atoms with E-state index in [0.29, 0.717) is 18.8 Å². The van der Waals surface area contributed by atoms with Crippen molar-refractivity contribution >= 4 is 11.9 Å². The zero-order chi connectivity index (χ0) is 13.1. The van der Waals surface area contributed by atoms with Crippen LogP contribution in [-0.4, -0.2) is 35.2 Å². The topological polar surface area (TPSA) is 75.6 Å². The van der Waals surface area contributed by atoms with Gasteiger partial charge in [0, 0.05) is 6.04 Å². The maximum absolute atomic E-state index is 12.0. The zero-order valence-corrected chi connectivity index (χ0v) is 10.7. The van der Waals surface area contributed by atoms with E-state index in [1.165, 1.54) is 25.7 Å². The molecule has 2 aliphatic rings. The van der Waals surface area contributed by atoms with Gasteiger partial charge in [-0.2, -0.15) is 0 Å². The molecule has 18 heavy (non-hydrogen) atoms. The van der Waals surface area contributed by atoms with Gasteiger partial charge in [-0.3, -0.25) is 4.79 Å². The van der Waals surface area contributed by atoms with Gasteiger partial charge in [-0.15, -0.1) is 0 Å². The third-order valence-electron chi connectivity index (χ3n) is 4.06. The van der Waals surface area contributed by atoms with Crippen LogP contribution in [-0.2, 0) is 14.3 Å². The smallest absolute Gasteiger partial charge is 0.332 e. The van der Waals surface area contributed by atoms with Gasteiger partial charge in [0.05, 0.1) is 0 Å². The Balaban J connectivity index is 1.79. The summed E-state index contributed by atoms with van der Waals surface area (Å²) < 4.78 is 5.24. The molecule has 3 atom stereocenters. The molecule has 1 aliphatic carbocycles. The molecular formula is C13H21NO4. The number of hydrogen-bond donors (Lipinski definition) is 2. The van der Waals surface area contributed by atoms with Crippen molar-refractivity contribution < 1.29 is 19.4 Å². The first-order chi connectivity index (χ1) is 8.58. The number of aliphatic carboxylic acids is 1. The molecule has 1 saturated heterocycles. The van der Waals surface area contributed by atoms with E-state index < -0.39 is 18.2 Å². The first-order valence-corrected chi connectivity index (χ1v) is 6.76. The van der Waals surface area contributed by atoms with Crippen molar-refractivity contribution in [3.63, 3.8) is 0 Å². The number of carboxylic acids is 1. The highest BCUT2D eigenvalue weighted by Gasteiger charge is 2.35. The molecule has 5 nitrogen and oxygen atoms in total. The van der Waals surface area contributed by atoms with E-state index in [-0.39, 0.29) is 11.9 Å². The zero-order valence-electron chi connectivity index (χ0n) is 10.7. The molecule has 0 aromatic heterocycles. The van der Waals surface area contributed by atoms with Crippen LogP contribution in [0.15, 0.2) is 0 Å². The molecule has 0 aromatic rings. The van der Waals surface area contributed by atoms with Crippen LogP contribution in [0.4, 0.5) is 0 Å². The van der Waals surface area contributed by atoms with Crippen LogP contribution in [0, 0.1) is 5.92 Å². The highest BCUT2D eigenvalue weighted by Crippen LogP contribution is 2.28. The molecule has 1 aliphatic heterocycles. The third kappa shape index (κ3) is 3.02. The van der Waals surface area contributed by atoms with Gasteiger partial charge in [0.25, 0.3) is 0 Å². The Bertz CT molecular complexity index is 325. The summed E-state index contributed by atoms with van der Waals surface area (Å²) in [4.78, 5) is 22.7. The van der Waals surface area contributed by atoms with Crippen LogP contribution < -0.4 is 5.32 Å². The monoisotopic (exact) mass is 255 g/mol. The quantitative estimate of drug-likeness (QED) is 0.794. The minimum absolute atomic E-state index is 0.154. The first-order valence-electron chi connectivity index (χ1n) is 6.76. The summed E-state index contributed by atoms with van der Waals surface area (Å²) in [6.45, 7) is 2.03. The number of rotatable bonds is 4. The Labute approximate surface area is 107 Å². The fourth-order valence-corrected chi connectivity index (χ4v) is 2.90. The van der Waals surface area contributed by atoms with E-state index >= 15 is 0 Å². The lowest BCUT2D eigenvalue weighted by molar-refractivity contribution is -0.152. The van der Waals surface area contributed by atoms with Crippen LogP contribution in [0.5, 0.6) is 0 Å². The highest BCUT2D eigenvalue weighted by molar-refractivity contribution is 5.82. The number of nitrogens with one attached hydrogen (secondary N) is 1. The summed E-state index contributed by atoms with van der Waals surface area (Å²) in [5, 5.41) is 11.8. The van der Waals surface area contributed by atoms with Crippen molar-refractivity contribution in [3.8, 4) is 0 Å². The van der Waals surface area contributed by atoms with Gasteiger partial charge in [0.1, 0.15) is 6.10 Å². The second kappa shape index (κ2) is 5.69. The molecule has 0 unspecified atom stereocenters. The Hall–Kier alpha value is -1.10. The fourth-order valence-electron chi connectivity index (χ4n) is 2.90. The number of hydrogen-bond acceptors (Lipinski definition) is 3. The van der Waals surface area contributed by atoms with E-state index in [2.05, 4.69) is 5.32 Å². The molecule has 0 radical (unpaired) electrons. The summed E-state index contributed by atoms with van der Waals surface area (Å²) in [5.74, 6) is -0.571. The molecule has 2 fully saturated rings. The average molecular weight is 255 g/mol. The first kappa shape index (κ1) is 13.3. The summed E-state index contributed by atoms with van der Waals surface area (Å²) in [7, 11) is 0. The predicted octanol–water partition coefficient (Wildman–Crippen LogP) is 1.31. The molecule has 0 bridgehead atoms. The number of ether oxygens (including phenoxy) is 1. The van der Waals surface area contributed by atoms with E-state index in [9.17, 15) is 9.59 Å². The lowest BCUT2D eigenvalue weighted by Gasteiger charge is -2.22. The summed E-state index contributed by atoms with van der Waals surface area (Å²) in [6.07, 6.45) is 4.34. The predicted molar refractivity (Wildman–Crippen MR) is 65.1 cm³/mol. The maximum Gasteiger partial charge on any atom is 0.332 e. The molecule has 0 aromatic carbocycles. The Morgan fingerprint density at radius 2 is 1.78 bits per heavy atom. The van der Waals surface area contributed by atoms with Gasteiger partial charge in [-0.25, -0.2) is 4.79 Å². The van der Waals surface area contributed by atoms with Gasteiger partial charge >= 0.3 is 5.97 Å². The number of amides is 1. The maximum atomic E-state index is 12.0. The normalized spacial score (nSPS) is 30.3. The van der Waals surface area contributed by atoms with Gasteiger partial charge in [0.15, 0.2) is 6.10 Å². The summed E-state index contributed by atoms with van der Waals surface area (Å²) in [6, 6.07) is 0.160. The Morgan fingerprint density at radius 3 is 2.33 bits per heavy atom. The largest absolute Gasteiger partial charge is 0.479 e. The molecule has 2 N–H and O–H groups in total. The van der Waals surface area contributed by atoms with Gasteiger partial charge in [0.2, 0.25) is 5.91 Å². The van der Waals surface area contributed by atoms with Crippen LogP contribution in [0.3, 0.4) is 0 Å². The third-order valence-corrected chi connectivity index (χ3v) is 4.06. The number of carboxylic acid groups (broad SMARTS) is 1. The number of carbonyl (C=O) groups is 2. The second-order valence-electron chi connectivity index (χ2n) is 5.37. The van der Waals surface area contributed by atoms with Crippen molar-refractivity contribution in [1.82, 2.24) is 5.32 Å². The Morgan fingerprint density at radius 1 is 1.17 bits per heavy atom.